The zero-order valence-electron chi connectivity index (χ0n) is 57.6. The predicted octanol–water partition coefficient (Wildman–Crippen LogP) is 20.5. The Labute approximate surface area is 707 Å². The predicted molar refractivity (Wildman–Crippen MR) is 430 cm³/mol. The molecule has 0 saturated carbocycles. The van der Waals surface area contributed by atoms with Crippen LogP contribution in [0.4, 0.5) is 22.0 Å². The van der Waals surface area contributed by atoms with Crippen molar-refractivity contribution in [2.45, 2.75) is 42.9 Å². The molecule has 12 nitrogen and oxygen atoms in total. The number of aliphatic hydroxyl groups is 1. The summed E-state index contributed by atoms with van der Waals surface area (Å²) in [7, 11) is 6.94. The molecule has 2 unspecified atom stereocenters. The number of carbonyl (C=O) groups excluding carboxylic acids is 4. The van der Waals surface area contributed by atoms with E-state index in [0.29, 0.717) is 58.8 Å². The Morgan fingerprint density at radius 3 is 1.16 bits per heavy atom. The van der Waals surface area contributed by atoms with Crippen molar-refractivity contribution in [3.05, 3.63) is 316 Å². The van der Waals surface area contributed by atoms with Crippen molar-refractivity contribution in [3.8, 4) is 28.7 Å². The van der Waals surface area contributed by atoms with Gasteiger partial charge >= 0.3 is 29.6 Å². The summed E-state index contributed by atoms with van der Waals surface area (Å²) in [5.74, 6) is -2.03. The summed E-state index contributed by atoms with van der Waals surface area (Å²) < 4.78 is 114. The molecule has 2 atom stereocenters. The van der Waals surface area contributed by atoms with Crippen LogP contribution in [0.3, 0.4) is 0 Å². The van der Waals surface area contributed by atoms with Gasteiger partial charge in [-0.05, 0) is 193 Å². The van der Waals surface area contributed by atoms with Crippen LogP contribution in [-0.2, 0) is 16.4 Å². The summed E-state index contributed by atoms with van der Waals surface area (Å²) in [5.41, 5.74) is 10.1. The molecule has 1 N–H and O–H groups in total. The molecule has 10 aromatic carbocycles. The maximum Gasteiger partial charge on any atom is 1.00 e. The number of rotatable bonds is 17. The van der Waals surface area contributed by atoms with Crippen LogP contribution in [0, 0.1) is 49.9 Å². The summed E-state index contributed by atoms with van der Waals surface area (Å²) >= 11 is 28.4. The smallest absolute Gasteiger partial charge is 0.772 e. The van der Waals surface area contributed by atoms with Crippen LogP contribution in [-0.4, -0.2) is 78.8 Å². The minimum atomic E-state index is -1.82. The normalized spacial score (nSPS) is 10.7. The molecule has 0 saturated heterocycles. The van der Waals surface area contributed by atoms with E-state index >= 15 is 0 Å². The minimum absolute atomic E-state index is 0. The van der Waals surface area contributed by atoms with E-state index in [1.54, 1.807) is 49.4 Å². The average molecular weight is 2050 g/mol. The summed E-state index contributed by atoms with van der Waals surface area (Å²) in [4.78, 5) is 47.6. The number of ether oxygens (including phenoxy) is 5. The van der Waals surface area contributed by atoms with Crippen molar-refractivity contribution < 1.29 is 108 Å². The number of aldehydes is 1. The second-order valence-electron chi connectivity index (χ2n) is 21.3. The summed E-state index contributed by atoms with van der Waals surface area (Å²) in [6.07, 6.45) is 0.00764. The van der Waals surface area contributed by atoms with Crippen LogP contribution in [0.5, 0.6) is 28.7 Å². The van der Waals surface area contributed by atoms with Crippen LogP contribution in [0.2, 0.25) is 0 Å². The maximum atomic E-state index is 13.4. The molecule has 0 amide bonds. The van der Waals surface area contributed by atoms with Gasteiger partial charge in [0.15, 0.2) is 81.5 Å². The molecule has 0 radical (unpaired) electrons. The van der Waals surface area contributed by atoms with Crippen LogP contribution in [0.1, 0.15) is 114 Å². The Balaban J connectivity index is 0.000000328. The van der Waals surface area contributed by atoms with Gasteiger partial charge < -0.3 is 33.3 Å². The number of methoxy groups -OCH3 is 5. The second-order valence-corrected chi connectivity index (χ2v) is 31.3. The molecule has 0 aromatic heterocycles. The number of ketones is 3. The summed E-state index contributed by atoms with van der Waals surface area (Å²) in [6.45, 7) is 7.49. The minimum Gasteiger partial charge on any atom is -0.772 e. The van der Waals surface area contributed by atoms with E-state index in [9.17, 15) is 55.0 Å². The van der Waals surface area contributed by atoms with Crippen LogP contribution < -0.4 is 53.2 Å². The molecule has 0 heterocycles. The largest absolute Gasteiger partial charge is 1.00 e. The second kappa shape index (κ2) is 47.8. The van der Waals surface area contributed by atoms with Gasteiger partial charge in [-0.1, -0.05) is 210 Å². The monoisotopic (exact) mass is 2040 g/mol. The van der Waals surface area contributed by atoms with E-state index in [0.717, 1.165) is 57.6 Å². The Bertz CT molecular complexity index is 4640. The van der Waals surface area contributed by atoms with E-state index in [-0.39, 0.29) is 91.0 Å². The molecular weight excluding hydrogens is 1990 g/mol. The number of alkyl halides is 3. The van der Waals surface area contributed by atoms with E-state index < -0.39 is 40.5 Å². The van der Waals surface area contributed by atoms with Crippen molar-refractivity contribution in [1.82, 2.24) is 0 Å². The van der Waals surface area contributed by atoms with Crippen molar-refractivity contribution in [2.75, 3.05) is 41.3 Å². The molecule has 28 heteroatoms. The fourth-order valence-corrected chi connectivity index (χ4v) is 13.0. The number of hydrogen-bond acceptors (Lipinski definition) is 12. The van der Waals surface area contributed by atoms with Gasteiger partial charge in [0, 0.05) is 76.9 Å². The van der Waals surface area contributed by atoms with Crippen LogP contribution in [0.15, 0.2) is 209 Å². The van der Waals surface area contributed by atoms with E-state index in [1.165, 1.54) is 108 Å². The van der Waals surface area contributed by atoms with Crippen molar-refractivity contribution in [3.63, 3.8) is 0 Å². The van der Waals surface area contributed by atoms with Gasteiger partial charge in [-0.3, -0.25) is 23.4 Å². The Morgan fingerprint density at radius 2 is 0.800 bits per heavy atom. The zero-order chi connectivity index (χ0) is 77.7. The standard InChI is InChI=1S/C15H10Br3FO2.C15H11Br2FO2.C15H14BrFO2.C15H12BrFO2.C8H7BrO.C7H6BrFO.C2H6O2S.Na/c1-21-13-7-8(3-5-12(13)19)14(20)10-4-2-9(15(17)18)6-11(10)16;1-20-14-7-10(3-5-13(14)18)15(19)11-4-2-9(8-16)6-12(11)17;2*1-9-3-5-11(12(16)7-9)15(18)10-4-6-13(17)14(8-10)19-2;1-6-2-3-7(5-10)8(9)4-6;1-10-7-4-5(8)2-3-6(7)9;1-2-5(3)4;/h2-7,15H,1H3;2-7H,8H2,1H3;3-8,15,18H,1-2H3;3-8H,1-2H3;2-5H,1H3;2-4H,1H3;2H2,1H3,(H,3,4);/q;;;;;;;+1/p-1. The molecule has 105 heavy (non-hydrogen) atoms. The summed E-state index contributed by atoms with van der Waals surface area (Å²) in [5, 5.41) is 11.1. The Kier molecular flexibility index (Phi) is 42.8. The van der Waals surface area contributed by atoms with Crippen molar-refractivity contribution >= 4 is 178 Å². The number of aryl methyl sites for hydroxylation is 3. The Morgan fingerprint density at radius 1 is 0.457 bits per heavy atom. The Hall–Kier alpha value is -5.08. The molecule has 550 valence electrons. The van der Waals surface area contributed by atoms with Gasteiger partial charge in [-0.2, -0.15) is 0 Å². The quantitative estimate of drug-likeness (QED) is 0.0228. The number of aliphatic hydroxyl groups excluding tert-OH is 1. The van der Waals surface area contributed by atoms with E-state index in [2.05, 4.69) is 143 Å². The fourth-order valence-electron chi connectivity index (χ4n) is 8.59. The number of carbonyl (C=O) groups is 4. The van der Waals surface area contributed by atoms with Crippen molar-refractivity contribution in [1.29, 1.82) is 0 Å². The van der Waals surface area contributed by atoms with E-state index in [4.69, 9.17) is 23.7 Å². The van der Waals surface area contributed by atoms with Gasteiger partial charge in [-0.25, -0.2) is 22.0 Å². The molecule has 0 aliphatic rings. The average Bonchev–Trinajstić information content (AvgIpc) is 0.831. The maximum absolute atomic E-state index is 13.4. The van der Waals surface area contributed by atoms with Gasteiger partial charge in [0.05, 0.1) is 39.3 Å². The third-order valence-corrected chi connectivity index (χ3v) is 20.1. The molecule has 0 spiro atoms. The van der Waals surface area contributed by atoms with Crippen LogP contribution >= 0.6 is 143 Å². The topological polar surface area (TPSA) is 175 Å². The molecule has 10 rings (SSSR count). The van der Waals surface area contributed by atoms with E-state index in [1.807, 2.05) is 87.5 Å². The fraction of sp³-hybridized carbons (Fsp3) is 0.169. The van der Waals surface area contributed by atoms with Gasteiger partial charge in [-0.15, -0.1) is 0 Å². The first-order valence-corrected chi connectivity index (χ1v) is 39.1. The zero-order valence-corrected chi connectivity index (χ0v) is 74.7. The first kappa shape index (κ1) is 94.1. The molecular formula is C77H65Br9F5NaO12S. The third kappa shape index (κ3) is 29.7. The van der Waals surface area contributed by atoms with Gasteiger partial charge in [0.2, 0.25) is 0 Å². The van der Waals surface area contributed by atoms with Gasteiger partial charge in [0.25, 0.3) is 0 Å². The number of benzene rings is 10. The third-order valence-electron chi connectivity index (χ3n) is 14.1. The van der Waals surface area contributed by atoms with Crippen molar-refractivity contribution in [2.24, 2.45) is 0 Å². The molecule has 10 aromatic rings. The van der Waals surface area contributed by atoms with Gasteiger partial charge in [0.1, 0.15) is 6.10 Å². The molecule has 0 bridgehead atoms. The first-order valence-electron chi connectivity index (χ1n) is 30.2. The number of halogens is 14. The molecule has 0 fully saturated rings. The SMILES string of the molecule is CCS(=O)[O-].COc1cc(Br)ccc1F.COc1cc(C(=O)c2ccc(C(Br)Br)cc2Br)ccc1F.COc1cc(C(=O)c2ccc(C)cc2Br)ccc1F.COc1cc(C(=O)c2ccc(CBr)cc2Br)ccc1F.COc1cc(C(O)c2ccc(C)cc2Br)ccc1F.Cc1ccc(C=O)c(Br)c1.[Na+]. The first-order chi connectivity index (χ1) is 49.3. The molecule has 0 aliphatic carbocycles. The van der Waals surface area contributed by atoms with Crippen LogP contribution in [0.25, 0.3) is 0 Å². The molecule has 0 aliphatic heterocycles. The summed E-state index contributed by atoms with van der Waals surface area (Å²) in [6, 6.07) is 48.9. The number of hydrogen-bond donors (Lipinski definition) is 1.